The van der Waals surface area contributed by atoms with E-state index in [0.717, 1.165) is 10.7 Å². The Hall–Kier alpha value is -3.13. The van der Waals surface area contributed by atoms with Crippen LogP contribution in [0, 0.1) is 0 Å². The van der Waals surface area contributed by atoms with Crippen LogP contribution in [0.15, 0.2) is 48.1 Å². The van der Waals surface area contributed by atoms with Gasteiger partial charge in [0.2, 0.25) is 0 Å². The van der Waals surface area contributed by atoms with Crippen LogP contribution in [0.3, 0.4) is 0 Å². The van der Waals surface area contributed by atoms with Crippen LogP contribution in [0.4, 0.5) is 0 Å². The maximum Gasteiger partial charge on any atom is 0.251 e. The highest BCUT2D eigenvalue weighted by Gasteiger charge is 2.10. The minimum absolute atomic E-state index is 0.187. The van der Waals surface area contributed by atoms with E-state index in [1.165, 1.54) is 11.3 Å². The van der Waals surface area contributed by atoms with Crippen LogP contribution >= 0.6 is 11.3 Å². The van der Waals surface area contributed by atoms with Crippen LogP contribution in [0.5, 0.6) is 17.2 Å². The molecule has 0 atom stereocenters. The number of amides is 1. The molecule has 0 radical (unpaired) electrons. The Morgan fingerprint density at radius 3 is 2.61 bits per heavy atom. The lowest BCUT2D eigenvalue weighted by Gasteiger charge is -2.09. The number of carbonyl (C=O) groups excluding carboxylic acids is 1. The van der Waals surface area contributed by atoms with Crippen molar-refractivity contribution >= 4 is 17.2 Å². The highest BCUT2D eigenvalue weighted by Crippen LogP contribution is 2.22. The summed E-state index contributed by atoms with van der Waals surface area (Å²) >= 11 is 1.53. The molecular weight excluding hydrogens is 378 g/mol. The molecule has 1 amide bonds. The molecule has 0 fully saturated rings. The predicted octanol–water partition coefficient (Wildman–Crippen LogP) is 3.11. The summed E-state index contributed by atoms with van der Waals surface area (Å²) in [5, 5.41) is 5.74. The lowest BCUT2D eigenvalue weighted by molar-refractivity contribution is 0.0953. The quantitative estimate of drug-likeness (QED) is 0.595. The van der Waals surface area contributed by atoms with Crippen LogP contribution in [0.2, 0.25) is 0 Å². The smallest absolute Gasteiger partial charge is 0.251 e. The van der Waals surface area contributed by atoms with E-state index in [1.54, 1.807) is 44.8 Å². The largest absolute Gasteiger partial charge is 0.497 e. The fourth-order valence-electron chi connectivity index (χ4n) is 2.45. The normalized spacial score (nSPS) is 10.4. The van der Waals surface area contributed by atoms with Gasteiger partial charge in [-0.05, 0) is 24.3 Å². The predicted molar refractivity (Wildman–Crippen MR) is 106 cm³/mol. The Balaban J connectivity index is 1.48. The van der Waals surface area contributed by atoms with E-state index < -0.39 is 0 Å². The number of hydrogen-bond acceptors (Lipinski definition) is 7. The Morgan fingerprint density at radius 2 is 1.93 bits per heavy atom. The first-order valence-corrected chi connectivity index (χ1v) is 9.53. The topological polar surface area (TPSA) is 82.6 Å². The van der Waals surface area contributed by atoms with Gasteiger partial charge in [0.25, 0.3) is 5.91 Å². The summed E-state index contributed by atoms with van der Waals surface area (Å²) in [5.74, 6) is 1.66. The van der Waals surface area contributed by atoms with Gasteiger partial charge >= 0.3 is 0 Å². The Morgan fingerprint density at radius 1 is 1.14 bits per heavy atom. The number of thiazole rings is 1. The zero-order chi connectivity index (χ0) is 19.8. The van der Waals surface area contributed by atoms with Crippen molar-refractivity contribution in [3.8, 4) is 17.2 Å². The van der Waals surface area contributed by atoms with E-state index in [9.17, 15) is 4.79 Å². The molecule has 3 rings (SSSR count). The van der Waals surface area contributed by atoms with Gasteiger partial charge in [-0.25, -0.2) is 4.98 Å². The molecule has 1 N–H and O–H groups in total. The second kappa shape index (κ2) is 9.70. The Bertz CT molecular complexity index is 893. The number of pyridine rings is 1. The summed E-state index contributed by atoms with van der Waals surface area (Å²) in [6, 6.07) is 8.75. The third kappa shape index (κ3) is 5.43. The zero-order valence-corrected chi connectivity index (χ0v) is 16.5. The maximum atomic E-state index is 12.4. The molecule has 0 bridgehead atoms. The molecule has 0 aliphatic carbocycles. The van der Waals surface area contributed by atoms with Crippen molar-refractivity contribution in [1.29, 1.82) is 0 Å². The molecule has 3 aromatic rings. The summed E-state index contributed by atoms with van der Waals surface area (Å²) in [6.45, 7) is 0.872. The molecular formula is C20H21N3O4S. The maximum absolute atomic E-state index is 12.4. The number of rotatable bonds is 9. The first-order chi connectivity index (χ1) is 13.7. The lowest BCUT2D eigenvalue weighted by Crippen LogP contribution is -2.25. The van der Waals surface area contributed by atoms with Crippen molar-refractivity contribution in [2.45, 2.75) is 13.0 Å². The van der Waals surface area contributed by atoms with Gasteiger partial charge in [-0.1, -0.05) is 0 Å². The third-order valence-electron chi connectivity index (χ3n) is 3.88. The number of nitrogens with one attached hydrogen (secondary N) is 1. The number of hydrogen-bond donors (Lipinski definition) is 1. The molecule has 146 valence electrons. The van der Waals surface area contributed by atoms with Crippen molar-refractivity contribution in [2.24, 2.45) is 0 Å². The number of methoxy groups -OCH3 is 2. The highest BCUT2D eigenvalue weighted by atomic mass is 32.1. The van der Waals surface area contributed by atoms with Gasteiger partial charge in [0, 0.05) is 36.2 Å². The van der Waals surface area contributed by atoms with Gasteiger partial charge in [0.05, 0.1) is 26.1 Å². The summed E-state index contributed by atoms with van der Waals surface area (Å²) in [5.41, 5.74) is 1.40. The van der Waals surface area contributed by atoms with Crippen molar-refractivity contribution in [2.75, 3.05) is 20.8 Å². The fraction of sp³-hybridized carbons (Fsp3) is 0.250. The standard InChI is InChI=1S/C20H21N3O4S/c1-25-17-8-14(9-18(10-17)26-2)20(24)22-7-5-15-13-28-19(23-15)12-27-16-4-3-6-21-11-16/h3-4,6,8-11,13H,5,7,12H2,1-2H3,(H,22,24). The SMILES string of the molecule is COc1cc(OC)cc(C(=O)NCCc2csc(COc3cccnc3)n2)c1. The molecule has 0 aliphatic heterocycles. The molecule has 0 saturated carbocycles. The lowest BCUT2D eigenvalue weighted by atomic mass is 10.2. The van der Waals surface area contributed by atoms with Crippen molar-refractivity contribution in [1.82, 2.24) is 15.3 Å². The van der Waals surface area contributed by atoms with Crippen LogP contribution in [0.25, 0.3) is 0 Å². The first kappa shape index (κ1) is 19.6. The zero-order valence-electron chi connectivity index (χ0n) is 15.7. The van der Waals surface area contributed by atoms with Gasteiger partial charge in [0.1, 0.15) is 28.9 Å². The molecule has 1 aromatic carbocycles. The van der Waals surface area contributed by atoms with Gasteiger partial charge in [-0.3, -0.25) is 9.78 Å². The number of carbonyl (C=O) groups is 1. The molecule has 7 nitrogen and oxygen atoms in total. The summed E-state index contributed by atoms with van der Waals surface area (Å²) in [7, 11) is 3.10. The van der Waals surface area contributed by atoms with Crippen LogP contribution < -0.4 is 19.5 Å². The van der Waals surface area contributed by atoms with Crippen molar-refractivity contribution in [3.05, 3.63) is 64.4 Å². The number of ether oxygens (including phenoxy) is 3. The molecule has 8 heteroatoms. The monoisotopic (exact) mass is 399 g/mol. The van der Waals surface area contributed by atoms with Gasteiger partial charge in [-0.15, -0.1) is 11.3 Å². The molecule has 0 aliphatic rings. The highest BCUT2D eigenvalue weighted by molar-refractivity contribution is 7.09. The molecule has 2 heterocycles. The molecule has 2 aromatic heterocycles. The number of benzene rings is 1. The van der Waals surface area contributed by atoms with E-state index in [2.05, 4.69) is 15.3 Å². The minimum Gasteiger partial charge on any atom is -0.497 e. The van der Waals surface area contributed by atoms with Crippen molar-refractivity contribution < 1.29 is 19.0 Å². The Kier molecular flexibility index (Phi) is 6.80. The second-order valence-electron chi connectivity index (χ2n) is 5.82. The Labute approximate surface area is 167 Å². The van der Waals surface area contributed by atoms with Crippen LogP contribution in [0.1, 0.15) is 21.1 Å². The van der Waals surface area contributed by atoms with E-state index in [-0.39, 0.29) is 5.91 Å². The number of aromatic nitrogens is 2. The molecule has 28 heavy (non-hydrogen) atoms. The summed E-state index contributed by atoms with van der Waals surface area (Å²) in [6.07, 6.45) is 4.00. The van der Waals surface area contributed by atoms with Gasteiger partial charge in [-0.2, -0.15) is 0 Å². The van der Waals surface area contributed by atoms with Crippen LogP contribution in [-0.2, 0) is 13.0 Å². The van der Waals surface area contributed by atoms with E-state index in [4.69, 9.17) is 14.2 Å². The summed E-state index contributed by atoms with van der Waals surface area (Å²) < 4.78 is 16.0. The second-order valence-corrected chi connectivity index (χ2v) is 6.76. The number of nitrogens with zero attached hydrogens (tertiary/aromatic N) is 2. The minimum atomic E-state index is -0.187. The van der Waals surface area contributed by atoms with E-state index >= 15 is 0 Å². The summed E-state index contributed by atoms with van der Waals surface area (Å²) in [4.78, 5) is 20.9. The van der Waals surface area contributed by atoms with Gasteiger partial charge < -0.3 is 19.5 Å². The average Bonchev–Trinajstić information content (AvgIpc) is 3.20. The molecule has 0 spiro atoms. The first-order valence-electron chi connectivity index (χ1n) is 8.65. The average molecular weight is 399 g/mol. The van der Waals surface area contributed by atoms with Crippen LogP contribution in [-0.4, -0.2) is 36.6 Å². The van der Waals surface area contributed by atoms with E-state index in [0.29, 0.717) is 42.4 Å². The fourth-order valence-corrected chi connectivity index (χ4v) is 3.19. The molecule has 0 unspecified atom stereocenters. The molecule has 0 saturated heterocycles. The van der Waals surface area contributed by atoms with Crippen molar-refractivity contribution in [3.63, 3.8) is 0 Å². The van der Waals surface area contributed by atoms with Gasteiger partial charge in [0.15, 0.2) is 0 Å². The third-order valence-corrected chi connectivity index (χ3v) is 4.75. The van der Waals surface area contributed by atoms with E-state index in [1.807, 2.05) is 17.5 Å².